The summed E-state index contributed by atoms with van der Waals surface area (Å²) in [5, 5.41) is 0. The maximum Gasteiger partial charge on any atom is 0.251 e. The van der Waals surface area contributed by atoms with Crippen molar-refractivity contribution in [2.45, 2.75) is 59.6 Å². The van der Waals surface area contributed by atoms with E-state index in [1.54, 1.807) is 7.11 Å². The van der Waals surface area contributed by atoms with E-state index >= 15 is 0 Å². The van der Waals surface area contributed by atoms with Crippen LogP contribution in [0.3, 0.4) is 0 Å². The highest BCUT2D eigenvalue weighted by atomic mass is 16.5. The predicted octanol–water partition coefficient (Wildman–Crippen LogP) is 4.04. The third-order valence-electron chi connectivity index (χ3n) is 3.88. The summed E-state index contributed by atoms with van der Waals surface area (Å²) in [4.78, 5) is 14.5. The Hall–Kier alpha value is -1.75. The van der Waals surface area contributed by atoms with E-state index in [2.05, 4.69) is 13.8 Å². The molecule has 1 aromatic carbocycles. The first-order valence-corrected chi connectivity index (χ1v) is 9.31. The molecular formula is C20H33NO4. The van der Waals surface area contributed by atoms with Gasteiger partial charge in [0.15, 0.2) is 11.5 Å². The zero-order valence-electron chi connectivity index (χ0n) is 16.3. The zero-order valence-corrected chi connectivity index (χ0v) is 16.3. The highest BCUT2D eigenvalue weighted by molar-refractivity contribution is 5.80. The molecule has 0 aromatic heterocycles. The smallest absolute Gasteiger partial charge is 0.251 e. The highest BCUT2D eigenvalue weighted by Crippen LogP contribution is 2.29. The number of carbonyl (C=O) groups is 1. The lowest BCUT2D eigenvalue weighted by Crippen LogP contribution is -2.39. The third-order valence-corrected chi connectivity index (χ3v) is 3.88. The van der Waals surface area contributed by atoms with Crippen LogP contribution >= 0.6 is 0 Å². The Labute approximate surface area is 152 Å². The van der Waals surface area contributed by atoms with E-state index < -0.39 is 0 Å². The monoisotopic (exact) mass is 351 g/mol. The summed E-state index contributed by atoms with van der Waals surface area (Å²) in [5.41, 5.74) is 1.03. The van der Waals surface area contributed by atoms with Gasteiger partial charge in [0.2, 0.25) is 0 Å². The molecule has 1 atom stereocenters. The number of rotatable bonds is 12. The van der Waals surface area contributed by atoms with Gasteiger partial charge in [-0.2, -0.15) is 0 Å². The van der Waals surface area contributed by atoms with Crippen LogP contribution in [0.4, 0.5) is 0 Å². The number of ether oxygens (including phenoxy) is 3. The highest BCUT2D eigenvalue weighted by Gasteiger charge is 2.22. The number of methoxy groups -OCH3 is 1. The Morgan fingerprint density at radius 2 is 1.84 bits per heavy atom. The molecule has 1 aromatic rings. The molecule has 5 nitrogen and oxygen atoms in total. The molecule has 5 heteroatoms. The second-order valence-corrected chi connectivity index (χ2v) is 5.95. The largest absolute Gasteiger partial charge is 0.490 e. The molecule has 0 spiro atoms. The lowest BCUT2D eigenvalue weighted by atomic mass is 10.1. The van der Waals surface area contributed by atoms with E-state index in [1.807, 2.05) is 36.9 Å². The second-order valence-electron chi connectivity index (χ2n) is 5.95. The van der Waals surface area contributed by atoms with Gasteiger partial charge in [0.25, 0.3) is 5.91 Å². The Morgan fingerprint density at radius 3 is 2.40 bits per heavy atom. The van der Waals surface area contributed by atoms with Crippen molar-refractivity contribution in [1.82, 2.24) is 4.90 Å². The molecule has 0 aliphatic rings. The standard InChI is InChI=1S/C20H33NO4/c1-6-12-21(20(22)17(8-3)23-5)15-16-10-11-18(25-13-7-2)19(14-16)24-9-4/h10-11,14,17H,6-9,12-13,15H2,1-5H3. The Kier molecular flexibility index (Phi) is 10.0. The van der Waals surface area contributed by atoms with Crippen molar-refractivity contribution in [3.63, 3.8) is 0 Å². The van der Waals surface area contributed by atoms with Crippen LogP contribution in [-0.2, 0) is 16.1 Å². The molecule has 0 fully saturated rings. The van der Waals surface area contributed by atoms with Gasteiger partial charge in [-0.15, -0.1) is 0 Å². The quantitative estimate of drug-likeness (QED) is 0.570. The van der Waals surface area contributed by atoms with Crippen molar-refractivity contribution in [1.29, 1.82) is 0 Å². The van der Waals surface area contributed by atoms with Crippen LogP contribution < -0.4 is 9.47 Å². The fraction of sp³-hybridized carbons (Fsp3) is 0.650. The van der Waals surface area contributed by atoms with Gasteiger partial charge in [0, 0.05) is 20.2 Å². The molecule has 1 unspecified atom stereocenters. The molecule has 1 amide bonds. The van der Waals surface area contributed by atoms with Crippen molar-refractivity contribution < 1.29 is 19.0 Å². The molecule has 1 rings (SSSR count). The van der Waals surface area contributed by atoms with E-state index in [-0.39, 0.29) is 12.0 Å². The van der Waals surface area contributed by atoms with E-state index in [0.717, 1.165) is 29.9 Å². The first-order valence-electron chi connectivity index (χ1n) is 9.31. The number of benzene rings is 1. The SMILES string of the molecule is CCCOc1ccc(CN(CCC)C(=O)C(CC)OC)cc1OCC. The van der Waals surface area contributed by atoms with Crippen LogP contribution in [0.5, 0.6) is 11.5 Å². The van der Waals surface area contributed by atoms with Crippen LogP contribution in [0.1, 0.15) is 52.5 Å². The number of hydrogen-bond acceptors (Lipinski definition) is 4. The normalized spacial score (nSPS) is 11.9. The summed E-state index contributed by atoms with van der Waals surface area (Å²) in [6, 6.07) is 5.90. The van der Waals surface area contributed by atoms with Crippen molar-refractivity contribution in [3.05, 3.63) is 23.8 Å². The summed E-state index contributed by atoms with van der Waals surface area (Å²) in [6.45, 7) is 10.5. The molecule has 0 N–H and O–H groups in total. The topological polar surface area (TPSA) is 48.0 Å². The molecule has 0 radical (unpaired) electrons. The molecular weight excluding hydrogens is 318 g/mol. The van der Waals surface area contributed by atoms with Crippen molar-refractivity contribution in [2.24, 2.45) is 0 Å². The van der Waals surface area contributed by atoms with E-state index in [9.17, 15) is 4.79 Å². The molecule has 25 heavy (non-hydrogen) atoms. The molecule has 142 valence electrons. The molecule has 0 saturated heterocycles. The molecule has 0 bridgehead atoms. The Bertz CT molecular complexity index is 514. The summed E-state index contributed by atoms with van der Waals surface area (Å²) < 4.78 is 16.8. The average Bonchev–Trinajstić information content (AvgIpc) is 2.62. The van der Waals surface area contributed by atoms with E-state index in [4.69, 9.17) is 14.2 Å². The Balaban J connectivity index is 2.96. The van der Waals surface area contributed by atoms with E-state index in [0.29, 0.717) is 32.7 Å². The summed E-state index contributed by atoms with van der Waals surface area (Å²) in [6.07, 6.45) is 2.14. The minimum Gasteiger partial charge on any atom is -0.490 e. The Morgan fingerprint density at radius 1 is 1.08 bits per heavy atom. The van der Waals surface area contributed by atoms with Crippen LogP contribution in [0.15, 0.2) is 18.2 Å². The lowest BCUT2D eigenvalue weighted by Gasteiger charge is -2.26. The van der Waals surface area contributed by atoms with Gasteiger partial charge in [-0.3, -0.25) is 4.79 Å². The molecule has 0 aliphatic heterocycles. The van der Waals surface area contributed by atoms with Gasteiger partial charge in [-0.05, 0) is 43.9 Å². The first kappa shape index (κ1) is 21.3. The third kappa shape index (κ3) is 6.58. The fourth-order valence-corrected chi connectivity index (χ4v) is 2.65. The van der Waals surface area contributed by atoms with Gasteiger partial charge in [0.05, 0.1) is 13.2 Å². The van der Waals surface area contributed by atoms with Gasteiger partial charge in [-0.25, -0.2) is 0 Å². The average molecular weight is 351 g/mol. The van der Waals surface area contributed by atoms with Crippen molar-refractivity contribution >= 4 is 5.91 Å². The number of hydrogen-bond donors (Lipinski definition) is 0. The number of nitrogens with zero attached hydrogens (tertiary/aromatic N) is 1. The minimum atomic E-state index is -0.384. The zero-order chi connectivity index (χ0) is 18.7. The van der Waals surface area contributed by atoms with Gasteiger partial charge >= 0.3 is 0 Å². The number of amides is 1. The maximum atomic E-state index is 12.7. The van der Waals surface area contributed by atoms with Gasteiger partial charge in [0.1, 0.15) is 6.10 Å². The lowest BCUT2D eigenvalue weighted by molar-refractivity contribution is -0.142. The van der Waals surface area contributed by atoms with Crippen LogP contribution in [0.2, 0.25) is 0 Å². The maximum absolute atomic E-state index is 12.7. The summed E-state index contributed by atoms with van der Waals surface area (Å²) >= 11 is 0. The van der Waals surface area contributed by atoms with Crippen LogP contribution in [-0.4, -0.2) is 43.8 Å². The summed E-state index contributed by atoms with van der Waals surface area (Å²) in [5.74, 6) is 1.52. The first-order chi connectivity index (χ1) is 12.1. The molecule has 0 heterocycles. The summed E-state index contributed by atoms with van der Waals surface area (Å²) in [7, 11) is 1.59. The molecule has 0 saturated carbocycles. The van der Waals surface area contributed by atoms with E-state index in [1.165, 1.54) is 0 Å². The molecule has 0 aliphatic carbocycles. The minimum absolute atomic E-state index is 0.0381. The second kappa shape index (κ2) is 11.7. The van der Waals surface area contributed by atoms with Gasteiger partial charge in [-0.1, -0.05) is 26.8 Å². The van der Waals surface area contributed by atoms with Crippen molar-refractivity contribution in [2.75, 3.05) is 26.9 Å². The van der Waals surface area contributed by atoms with Crippen LogP contribution in [0.25, 0.3) is 0 Å². The van der Waals surface area contributed by atoms with Crippen molar-refractivity contribution in [3.8, 4) is 11.5 Å². The fourth-order valence-electron chi connectivity index (χ4n) is 2.65. The predicted molar refractivity (Wildman–Crippen MR) is 100 cm³/mol. The van der Waals surface area contributed by atoms with Crippen LogP contribution in [0, 0.1) is 0 Å². The van der Waals surface area contributed by atoms with Gasteiger partial charge < -0.3 is 19.1 Å². The number of carbonyl (C=O) groups excluding carboxylic acids is 1.